The predicted octanol–water partition coefficient (Wildman–Crippen LogP) is 2.64. The van der Waals surface area contributed by atoms with Crippen LogP contribution in [0.4, 0.5) is 0 Å². The van der Waals surface area contributed by atoms with Crippen molar-refractivity contribution in [2.24, 2.45) is 0 Å². The highest BCUT2D eigenvalue weighted by Crippen LogP contribution is 2.27. The summed E-state index contributed by atoms with van der Waals surface area (Å²) in [5.41, 5.74) is 2.89. The van der Waals surface area contributed by atoms with Crippen LogP contribution < -0.4 is 10.1 Å². The first-order valence-electron chi connectivity index (χ1n) is 8.86. The molecule has 1 heterocycles. The smallest absolute Gasteiger partial charge is 0.247 e. The molecule has 0 spiro atoms. The molecule has 1 N–H and O–H groups in total. The molecule has 1 fully saturated rings. The van der Waals surface area contributed by atoms with Crippen LogP contribution in [0.5, 0.6) is 5.75 Å². The summed E-state index contributed by atoms with van der Waals surface area (Å²) < 4.78 is 5.36. The maximum atomic E-state index is 12.9. The summed E-state index contributed by atoms with van der Waals surface area (Å²) in [6.45, 7) is 2.98. The van der Waals surface area contributed by atoms with Crippen LogP contribution in [0.3, 0.4) is 0 Å². The van der Waals surface area contributed by atoms with Gasteiger partial charge in [-0.25, -0.2) is 0 Å². The molecule has 0 bridgehead atoms. The Morgan fingerprint density at radius 2 is 1.92 bits per heavy atom. The lowest BCUT2D eigenvalue weighted by Crippen LogP contribution is -2.52. The molecule has 2 amide bonds. The van der Waals surface area contributed by atoms with Gasteiger partial charge in [0, 0.05) is 19.5 Å². The number of carbonyl (C=O) groups is 2. The van der Waals surface area contributed by atoms with E-state index in [4.69, 9.17) is 4.74 Å². The van der Waals surface area contributed by atoms with Crippen LogP contribution in [0, 0.1) is 6.92 Å². The molecule has 26 heavy (non-hydrogen) atoms. The van der Waals surface area contributed by atoms with Crippen LogP contribution in [0.1, 0.15) is 29.2 Å². The number of amides is 2. The first-order chi connectivity index (χ1) is 12.6. The van der Waals surface area contributed by atoms with E-state index in [1.807, 2.05) is 55.5 Å². The second-order valence-electron chi connectivity index (χ2n) is 6.45. The molecule has 3 rings (SSSR count). The van der Waals surface area contributed by atoms with Gasteiger partial charge < -0.3 is 15.0 Å². The highest BCUT2D eigenvalue weighted by molar-refractivity contribution is 5.90. The third-order valence-electron chi connectivity index (χ3n) is 4.82. The third kappa shape index (κ3) is 3.72. The number of aryl methyl sites for hydroxylation is 2. The molecule has 1 atom stereocenters. The van der Waals surface area contributed by atoms with Crippen LogP contribution >= 0.6 is 0 Å². The van der Waals surface area contributed by atoms with Gasteiger partial charge in [0.2, 0.25) is 11.8 Å². The predicted molar refractivity (Wildman–Crippen MR) is 100.0 cm³/mol. The van der Waals surface area contributed by atoms with Crippen molar-refractivity contribution in [2.45, 2.75) is 25.8 Å². The molecule has 1 aliphatic heterocycles. The van der Waals surface area contributed by atoms with Crippen LogP contribution in [0.2, 0.25) is 0 Å². The molecular weight excluding hydrogens is 328 g/mol. The molecule has 0 saturated carbocycles. The summed E-state index contributed by atoms with van der Waals surface area (Å²) in [6.07, 6.45) is 0.928. The molecule has 1 aliphatic rings. The Bertz CT molecular complexity index is 803. The van der Waals surface area contributed by atoms with Crippen LogP contribution in [0.25, 0.3) is 0 Å². The summed E-state index contributed by atoms with van der Waals surface area (Å²) in [4.78, 5) is 27.1. The van der Waals surface area contributed by atoms with E-state index in [9.17, 15) is 9.59 Å². The van der Waals surface area contributed by atoms with Crippen molar-refractivity contribution in [3.63, 3.8) is 0 Å². The van der Waals surface area contributed by atoms with Crippen molar-refractivity contribution in [3.8, 4) is 5.75 Å². The largest absolute Gasteiger partial charge is 0.496 e. The van der Waals surface area contributed by atoms with E-state index < -0.39 is 6.04 Å². The van der Waals surface area contributed by atoms with Crippen molar-refractivity contribution in [3.05, 3.63) is 65.2 Å². The molecule has 1 saturated heterocycles. The number of nitrogens with zero attached hydrogens (tertiary/aromatic N) is 1. The number of ether oxygens (including phenoxy) is 1. The average Bonchev–Trinajstić information content (AvgIpc) is 2.67. The second-order valence-corrected chi connectivity index (χ2v) is 6.45. The summed E-state index contributed by atoms with van der Waals surface area (Å²) in [5.74, 6) is 0.655. The lowest BCUT2D eigenvalue weighted by molar-refractivity contribution is -0.143. The summed E-state index contributed by atoms with van der Waals surface area (Å²) in [7, 11) is 1.63. The monoisotopic (exact) mass is 352 g/mol. The fraction of sp³-hybridized carbons (Fsp3) is 0.333. The Hall–Kier alpha value is -2.82. The maximum Gasteiger partial charge on any atom is 0.247 e. The van der Waals surface area contributed by atoms with Crippen LogP contribution in [0.15, 0.2) is 48.5 Å². The average molecular weight is 352 g/mol. The minimum absolute atomic E-state index is 0.0148. The van der Waals surface area contributed by atoms with E-state index in [-0.39, 0.29) is 11.8 Å². The third-order valence-corrected chi connectivity index (χ3v) is 4.82. The minimum Gasteiger partial charge on any atom is -0.496 e. The van der Waals surface area contributed by atoms with Crippen molar-refractivity contribution >= 4 is 11.8 Å². The normalized spacial score (nSPS) is 16.9. The number of methoxy groups -OCH3 is 1. The van der Waals surface area contributed by atoms with Gasteiger partial charge in [0.25, 0.3) is 0 Å². The van der Waals surface area contributed by atoms with E-state index >= 15 is 0 Å². The Morgan fingerprint density at radius 1 is 1.19 bits per heavy atom. The molecule has 0 aliphatic carbocycles. The zero-order chi connectivity index (χ0) is 18.5. The summed E-state index contributed by atoms with van der Waals surface area (Å²) in [5, 5.41) is 2.88. The van der Waals surface area contributed by atoms with Gasteiger partial charge in [-0.1, -0.05) is 42.5 Å². The molecule has 2 aromatic carbocycles. The van der Waals surface area contributed by atoms with E-state index in [0.717, 1.165) is 22.4 Å². The van der Waals surface area contributed by atoms with E-state index in [2.05, 4.69) is 5.32 Å². The second kappa shape index (κ2) is 8.04. The highest BCUT2D eigenvalue weighted by atomic mass is 16.5. The van der Waals surface area contributed by atoms with E-state index in [1.165, 1.54) is 0 Å². The number of benzene rings is 2. The van der Waals surface area contributed by atoms with Gasteiger partial charge in [-0.2, -0.15) is 0 Å². The van der Waals surface area contributed by atoms with E-state index in [0.29, 0.717) is 25.9 Å². The highest BCUT2D eigenvalue weighted by Gasteiger charge is 2.34. The molecule has 0 aromatic heterocycles. The number of hydrogen-bond donors (Lipinski definition) is 1. The first-order valence-corrected chi connectivity index (χ1v) is 8.86. The van der Waals surface area contributed by atoms with Gasteiger partial charge in [0.05, 0.1) is 7.11 Å². The van der Waals surface area contributed by atoms with Crippen molar-refractivity contribution < 1.29 is 14.3 Å². The fourth-order valence-electron chi connectivity index (χ4n) is 3.43. The van der Waals surface area contributed by atoms with Gasteiger partial charge in [0.15, 0.2) is 0 Å². The molecule has 0 radical (unpaired) electrons. The summed E-state index contributed by atoms with van der Waals surface area (Å²) in [6, 6.07) is 14.9. The van der Waals surface area contributed by atoms with Crippen molar-refractivity contribution in [1.82, 2.24) is 10.2 Å². The molecule has 5 nitrogen and oxygen atoms in total. The van der Waals surface area contributed by atoms with Gasteiger partial charge in [-0.15, -0.1) is 0 Å². The van der Waals surface area contributed by atoms with Crippen LogP contribution in [-0.2, 0) is 16.0 Å². The number of hydrogen-bond acceptors (Lipinski definition) is 3. The fourth-order valence-corrected chi connectivity index (χ4v) is 3.43. The topological polar surface area (TPSA) is 58.6 Å². The Morgan fingerprint density at radius 3 is 2.69 bits per heavy atom. The SMILES string of the molecule is COc1ccccc1CCC(=O)N1CCNC(=O)C1c1ccccc1C. The van der Waals surface area contributed by atoms with Gasteiger partial charge >= 0.3 is 0 Å². The Balaban J connectivity index is 1.78. The molecular formula is C21H24N2O3. The van der Waals surface area contributed by atoms with E-state index in [1.54, 1.807) is 12.0 Å². The molecule has 5 heteroatoms. The zero-order valence-corrected chi connectivity index (χ0v) is 15.2. The lowest BCUT2D eigenvalue weighted by atomic mass is 9.97. The van der Waals surface area contributed by atoms with Gasteiger partial charge in [-0.3, -0.25) is 9.59 Å². The zero-order valence-electron chi connectivity index (χ0n) is 15.2. The maximum absolute atomic E-state index is 12.9. The molecule has 2 aromatic rings. The van der Waals surface area contributed by atoms with Gasteiger partial charge in [-0.05, 0) is 36.1 Å². The standard InChI is InChI=1S/C21H24N2O3/c1-15-7-3-5-9-17(15)20-21(25)22-13-14-23(20)19(24)12-11-16-8-4-6-10-18(16)26-2/h3-10,20H,11-14H2,1-2H3,(H,22,25). The number of rotatable bonds is 5. The first kappa shape index (κ1) is 18.0. The van der Waals surface area contributed by atoms with Crippen molar-refractivity contribution in [1.29, 1.82) is 0 Å². The molecule has 136 valence electrons. The quantitative estimate of drug-likeness (QED) is 0.900. The number of nitrogens with one attached hydrogen (secondary N) is 1. The Kier molecular flexibility index (Phi) is 5.56. The molecule has 1 unspecified atom stereocenters. The Labute approximate surface area is 154 Å². The van der Waals surface area contributed by atoms with Crippen LogP contribution in [-0.4, -0.2) is 36.9 Å². The lowest BCUT2D eigenvalue weighted by Gasteiger charge is -2.36. The van der Waals surface area contributed by atoms with Gasteiger partial charge in [0.1, 0.15) is 11.8 Å². The number of para-hydroxylation sites is 1. The number of carbonyl (C=O) groups excluding carboxylic acids is 2. The minimum atomic E-state index is -0.560. The summed E-state index contributed by atoms with van der Waals surface area (Å²) >= 11 is 0. The number of piperazine rings is 1. The van der Waals surface area contributed by atoms with Crippen molar-refractivity contribution in [2.75, 3.05) is 20.2 Å².